The van der Waals surface area contributed by atoms with Gasteiger partial charge in [-0.2, -0.15) is 4.98 Å². The second-order valence-corrected chi connectivity index (χ2v) is 10.4. The van der Waals surface area contributed by atoms with Gasteiger partial charge in [0.15, 0.2) is 5.65 Å². The van der Waals surface area contributed by atoms with Crippen molar-refractivity contribution in [2.75, 3.05) is 10.6 Å². The molecule has 2 aliphatic carbocycles. The maximum Gasteiger partial charge on any atom is 0.225 e. The zero-order chi connectivity index (χ0) is 25.4. The molecule has 2 atom stereocenters. The van der Waals surface area contributed by atoms with E-state index in [0.717, 1.165) is 25.7 Å². The second-order valence-electron chi connectivity index (χ2n) is 9.59. The topological polar surface area (TPSA) is 131 Å². The molecule has 0 bridgehead atoms. The number of anilines is 3. The number of nitrogens with zero attached hydrogens (tertiary/aromatic N) is 4. The molecule has 2 aliphatic rings. The van der Waals surface area contributed by atoms with E-state index in [1.54, 1.807) is 6.20 Å². The van der Waals surface area contributed by atoms with Gasteiger partial charge in [-0.05, 0) is 50.7 Å². The number of hydrogen-bond donors (Lipinski definition) is 4. The summed E-state index contributed by atoms with van der Waals surface area (Å²) < 4.78 is 15.7. The Hall–Kier alpha value is -2.69. The van der Waals surface area contributed by atoms with E-state index in [4.69, 9.17) is 38.9 Å². The largest absolute Gasteiger partial charge is 0.391 e. The lowest BCUT2D eigenvalue weighted by Gasteiger charge is -2.29. The lowest BCUT2D eigenvalue weighted by Crippen LogP contribution is -2.36. The van der Waals surface area contributed by atoms with Crippen LogP contribution in [0.5, 0.6) is 0 Å². The van der Waals surface area contributed by atoms with E-state index in [1.807, 2.05) is 4.57 Å². The molecular weight excluding hydrogens is 508 g/mol. The first-order valence-electron chi connectivity index (χ1n) is 12.2. The number of rotatable bonds is 6. The SMILES string of the molecule is NC(=O)C1CCC(n2c(Nc3c(Cl)cc(F)cc3Cl)nc3cnc(NC4CCCC[C@H]4O)nc32)CC1. The molecule has 0 spiro atoms. The Morgan fingerprint density at radius 2 is 1.78 bits per heavy atom. The first kappa shape index (κ1) is 25.0. The molecule has 5 rings (SSSR count). The number of imidazole rings is 1. The van der Waals surface area contributed by atoms with Crippen LogP contribution < -0.4 is 16.4 Å². The average molecular weight is 536 g/mol. The number of hydrogen-bond acceptors (Lipinski definition) is 7. The lowest BCUT2D eigenvalue weighted by molar-refractivity contribution is -0.122. The van der Waals surface area contributed by atoms with E-state index in [1.165, 1.54) is 12.1 Å². The molecule has 1 amide bonds. The Morgan fingerprint density at radius 1 is 1.08 bits per heavy atom. The standard InChI is InChI=1S/C24H28Cl2FN7O2/c25-15-9-13(27)10-16(26)20(15)32-24-31-18-11-29-23(30-17-3-1-2-4-19(17)35)33-22(18)34(24)14-7-5-12(6-8-14)21(28)36/h9-12,14,17,19,35H,1-8H2,(H2,28,36)(H,31,32)(H,29,30,33)/t12?,14?,17?,19-/m1/s1. The van der Waals surface area contributed by atoms with Crippen LogP contribution in [0.2, 0.25) is 10.0 Å². The zero-order valence-corrected chi connectivity index (χ0v) is 21.1. The first-order valence-corrected chi connectivity index (χ1v) is 13.0. The third kappa shape index (κ3) is 5.07. The number of nitrogens with two attached hydrogens (primary N) is 1. The minimum atomic E-state index is -0.541. The predicted octanol–water partition coefficient (Wildman–Crippen LogP) is 4.95. The summed E-state index contributed by atoms with van der Waals surface area (Å²) in [5.41, 5.74) is 7.02. The van der Waals surface area contributed by atoms with Crippen molar-refractivity contribution in [3.8, 4) is 0 Å². The van der Waals surface area contributed by atoms with E-state index in [0.29, 0.717) is 54.4 Å². The third-order valence-electron chi connectivity index (χ3n) is 7.18. The highest BCUT2D eigenvalue weighted by molar-refractivity contribution is 6.39. The Kier molecular flexibility index (Phi) is 7.18. The molecule has 0 aliphatic heterocycles. The van der Waals surface area contributed by atoms with Gasteiger partial charge in [0.1, 0.15) is 11.3 Å². The second kappa shape index (κ2) is 10.4. The molecule has 2 aromatic heterocycles. The molecule has 1 aromatic carbocycles. The number of aliphatic hydroxyl groups is 1. The number of carbonyl (C=O) groups is 1. The van der Waals surface area contributed by atoms with E-state index in [2.05, 4.69) is 15.6 Å². The van der Waals surface area contributed by atoms with Gasteiger partial charge in [-0.25, -0.2) is 14.4 Å². The van der Waals surface area contributed by atoms with Gasteiger partial charge in [0.25, 0.3) is 0 Å². The summed E-state index contributed by atoms with van der Waals surface area (Å²) in [7, 11) is 0. The summed E-state index contributed by atoms with van der Waals surface area (Å²) in [5.74, 6) is -0.141. The van der Waals surface area contributed by atoms with E-state index >= 15 is 0 Å². The molecule has 5 N–H and O–H groups in total. The van der Waals surface area contributed by atoms with Crippen LogP contribution in [0.15, 0.2) is 18.3 Å². The molecule has 0 saturated heterocycles. The fourth-order valence-electron chi connectivity index (χ4n) is 5.23. The van der Waals surface area contributed by atoms with Gasteiger partial charge in [-0.1, -0.05) is 36.0 Å². The quantitative estimate of drug-likeness (QED) is 0.351. The van der Waals surface area contributed by atoms with Gasteiger partial charge in [-0.15, -0.1) is 0 Å². The summed E-state index contributed by atoms with van der Waals surface area (Å²) >= 11 is 12.6. The van der Waals surface area contributed by atoms with E-state index in [9.17, 15) is 14.3 Å². The van der Waals surface area contributed by atoms with Crippen LogP contribution in [0, 0.1) is 11.7 Å². The van der Waals surface area contributed by atoms with Crippen LogP contribution in [0.1, 0.15) is 57.4 Å². The van der Waals surface area contributed by atoms with Gasteiger partial charge >= 0.3 is 0 Å². The maximum absolute atomic E-state index is 13.8. The van der Waals surface area contributed by atoms with E-state index < -0.39 is 11.9 Å². The van der Waals surface area contributed by atoms with Crippen molar-refractivity contribution in [2.24, 2.45) is 11.7 Å². The van der Waals surface area contributed by atoms with Crippen molar-refractivity contribution in [1.82, 2.24) is 19.5 Å². The zero-order valence-electron chi connectivity index (χ0n) is 19.6. The molecule has 192 valence electrons. The molecule has 2 saturated carbocycles. The number of halogens is 3. The first-order chi connectivity index (χ1) is 17.3. The normalized spacial score (nSPS) is 24.6. The molecule has 3 aromatic rings. The number of carbonyl (C=O) groups excluding carboxylic acids is 1. The summed E-state index contributed by atoms with van der Waals surface area (Å²) in [6.07, 6.45) is 7.51. The smallest absolute Gasteiger partial charge is 0.225 e. The molecule has 12 heteroatoms. The number of nitrogens with one attached hydrogen (secondary N) is 2. The molecule has 9 nitrogen and oxygen atoms in total. The van der Waals surface area contributed by atoms with Crippen LogP contribution in [0.25, 0.3) is 11.2 Å². The molecule has 0 radical (unpaired) electrons. The highest BCUT2D eigenvalue weighted by Crippen LogP contribution is 2.39. The van der Waals surface area contributed by atoms with Crippen LogP contribution in [0.3, 0.4) is 0 Å². The summed E-state index contributed by atoms with van der Waals surface area (Å²) in [6, 6.07) is 2.22. The van der Waals surface area contributed by atoms with Crippen LogP contribution in [-0.4, -0.2) is 42.7 Å². The Bertz CT molecular complexity index is 1260. The highest BCUT2D eigenvalue weighted by atomic mass is 35.5. The van der Waals surface area contributed by atoms with Crippen molar-refractivity contribution < 1.29 is 14.3 Å². The minimum absolute atomic E-state index is 0.0193. The van der Waals surface area contributed by atoms with Crippen molar-refractivity contribution in [2.45, 2.75) is 69.6 Å². The molecule has 2 fully saturated rings. The fraction of sp³-hybridized carbons (Fsp3) is 0.500. The number of aromatic nitrogens is 4. The molecular formula is C24H28Cl2FN7O2. The highest BCUT2D eigenvalue weighted by Gasteiger charge is 2.30. The van der Waals surface area contributed by atoms with Gasteiger partial charge < -0.3 is 21.5 Å². The van der Waals surface area contributed by atoms with Crippen molar-refractivity contribution >= 4 is 57.9 Å². The lowest BCUT2D eigenvalue weighted by atomic mass is 9.85. The summed E-state index contributed by atoms with van der Waals surface area (Å²) in [6.45, 7) is 0. The third-order valence-corrected chi connectivity index (χ3v) is 7.78. The Labute approximate surface area is 217 Å². The maximum atomic E-state index is 13.8. The number of fused-ring (bicyclic) bond motifs is 1. The van der Waals surface area contributed by atoms with Crippen LogP contribution >= 0.6 is 23.2 Å². The minimum Gasteiger partial charge on any atom is -0.391 e. The summed E-state index contributed by atoms with van der Waals surface area (Å²) in [4.78, 5) is 25.6. The molecule has 2 heterocycles. The average Bonchev–Trinajstić information content (AvgIpc) is 3.20. The number of aliphatic hydroxyl groups excluding tert-OH is 1. The Balaban J connectivity index is 1.53. The van der Waals surface area contributed by atoms with Crippen molar-refractivity contribution in [1.29, 1.82) is 0 Å². The van der Waals surface area contributed by atoms with Gasteiger partial charge in [0.2, 0.25) is 17.8 Å². The monoisotopic (exact) mass is 535 g/mol. The Morgan fingerprint density at radius 3 is 2.44 bits per heavy atom. The summed E-state index contributed by atoms with van der Waals surface area (Å²) in [5, 5.41) is 17.1. The predicted molar refractivity (Wildman–Crippen MR) is 137 cm³/mol. The van der Waals surface area contributed by atoms with Gasteiger partial charge in [-0.3, -0.25) is 9.36 Å². The van der Waals surface area contributed by atoms with Gasteiger partial charge in [0, 0.05) is 12.0 Å². The van der Waals surface area contributed by atoms with Crippen molar-refractivity contribution in [3.05, 3.63) is 34.2 Å². The number of benzene rings is 1. The van der Waals surface area contributed by atoms with Crippen LogP contribution in [-0.2, 0) is 4.79 Å². The molecule has 1 unspecified atom stereocenters. The van der Waals surface area contributed by atoms with Crippen molar-refractivity contribution in [3.63, 3.8) is 0 Å². The molecule has 36 heavy (non-hydrogen) atoms. The van der Waals surface area contributed by atoms with E-state index in [-0.39, 0.29) is 34.0 Å². The van der Waals surface area contributed by atoms with Gasteiger partial charge in [0.05, 0.1) is 34.1 Å². The number of amides is 1. The van der Waals surface area contributed by atoms with Crippen LogP contribution in [0.4, 0.5) is 22.0 Å². The fourth-order valence-corrected chi connectivity index (χ4v) is 5.79. The number of primary amides is 1.